The van der Waals surface area contributed by atoms with Crippen LogP contribution in [0.3, 0.4) is 0 Å². The van der Waals surface area contributed by atoms with Crippen LogP contribution in [0.15, 0.2) is 59.8 Å². The molecular weight excluding hydrogens is 480 g/mol. The molecule has 0 atom stereocenters. The Morgan fingerprint density at radius 1 is 1.03 bits per heavy atom. The standard InChI is InChI=1S/C26H32N4O5S/c1-18-7-8-19(2)22(15-18)35-14-6-13-26(3,4)25(31)29-20-9-11-21(12-10-20)36(32,33)30-23-16-24(34-5)28-17-27-23/h7-12,15-17H,6,13-14H2,1-5H3,(H,29,31)(H,27,28,30). The van der Waals surface area contributed by atoms with Gasteiger partial charge in [-0.05, 0) is 68.1 Å². The summed E-state index contributed by atoms with van der Waals surface area (Å²) in [6.45, 7) is 8.29. The summed E-state index contributed by atoms with van der Waals surface area (Å²) in [5.74, 6) is 1.03. The highest BCUT2D eigenvalue weighted by atomic mass is 32.2. The number of nitrogens with zero attached hydrogens (tertiary/aromatic N) is 2. The number of carbonyl (C=O) groups is 1. The largest absolute Gasteiger partial charge is 0.493 e. The molecule has 0 aliphatic rings. The maximum atomic E-state index is 12.9. The maximum absolute atomic E-state index is 12.9. The van der Waals surface area contributed by atoms with E-state index in [0.717, 1.165) is 16.9 Å². The number of hydrogen-bond acceptors (Lipinski definition) is 7. The van der Waals surface area contributed by atoms with Crippen molar-refractivity contribution in [1.29, 1.82) is 0 Å². The minimum atomic E-state index is -3.88. The molecule has 0 radical (unpaired) electrons. The van der Waals surface area contributed by atoms with Crippen LogP contribution in [0.25, 0.3) is 0 Å². The third-order valence-electron chi connectivity index (χ3n) is 5.67. The monoisotopic (exact) mass is 512 g/mol. The Balaban J connectivity index is 1.54. The van der Waals surface area contributed by atoms with Gasteiger partial charge in [-0.3, -0.25) is 9.52 Å². The molecule has 10 heteroatoms. The lowest BCUT2D eigenvalue weighted by molar-refractivity contribution is -0.124. The van der Waals surface area contributed by atoms with E-state index in [1.165, 1.54) is 31.6 Å². The normalized spacial score (nSPS) is 11.6. The number of carbonyl (C=O) groups excluding carboxylic acids is 1. The van der Waals surface area contributed by atoms with E-state index in [1.54, 1.807) is 12.1 Å². The SMILES string of the molecule is COc1cc(NS(=O)(=O)c2ccc(NC(=O)C(C)(C)CCCOc3cc(C)ccc3C)cc2)ncn1. The highest BCUT2D eigenvalue weighted by Crippen LogP contribution is 2.26. The summed E-state index contributed by atoms with van der Waals surface area (Å²) in [6, 6.07) is 13.4. The van der Waals surface area contributed by atoms with Crippen molar-refractivity contribution >= 4 is 27.4 Å². The smallest absolute Gasteiger partial charge is 0.263 e. The van der Waals surface area contributed by atoms with Crippen LogP contribution < -0.4 is 19.5 Å². The van der Waals surface area contributed by atoms with Crippen LogP contribution in [0.5, 0.6) is 11.6 Å². The lowest BCUT2D eigenvalue weighted by Crippen LogP contribution is -2.31. The zero-order chi connectivity index (χ0) is 26.3. The Kier molecular flexibility index (Phi) is 8.52. The summed E-state index contributed by atoms with van der Waals surface area (Å²) in [5.41, 5.74) is 2.08. The number of amides is 1. The fraction of sp³-hybridized carbons (Fsp3) is 0.346. The minimum Gasteiger partial charge on any atom is -0.493 e. The van der Waals surface area contributed by atoms with E-state index < -0.39 is 15.4 Å². The second-order valence-corrected chi connectivity index (χ2v) is 10.8. The van der Waals surface area contributed by atoms with Gasteiger partial charge >= 0.3 is 0 Å². The van der Waals surface area contributed by atoms with Gasteiger partial charge in [0.1, 0.15) is 17.9 Å². The Morgan fingerprint density at radius 3 is 2.44 bits per heavy atom. The molecule has 1 amide bonds. The summed E-state index contributed by atoms with van der Waals surface area (Å²) < 4.78 is 38.6. The number of hydrogen-bond donors (Lipinski definition) is 2. The maximum Gasteiger partial charge on any atom is 0.263 e. The van der Waals surface area contributed by atoms with Crippen molar-refractivity contribution in [2.75, 3.05) is 23.8 Å². The first-order valence-electron chi connectivity index (χ1n) is 11.5. The van der Waals surface area contributed by atoms with E-state index in [0.29, 0.717) is 25.1 Å². The number of benzene rings is 2. The molecule has 36 heavy (non-hydrogen) atoms. The second kappa shape index (κ2) is 11.4. The van der Waals surface area contributed by atoms with Gasteiger partial charge in [-0.2, -0.15) is 0 Å². The predicted molar refractivity (Wildman–Crippen MR) is 139 cm³/mol. The summed E-state index contributed by atoms with van der Waals surface area (Å²) >= 11 is 0. The Labute approximate surface area is 212 Å². The first kappa shape index (κ1) is 26.9. The molecule has 0 fully saturated rings. The number of ether oxygens (including phenoxy) is 2. The topological polar surface area (TPSA) is 120 Å². The van der Waals surface area contributed by atoms with E-state index in [2.05, 4.69) is 20.0 Å². The lowest BCUT2D eigenvalue weighted by atomic mass is 9.87. The average molecular weight is 513 g/mol. The zero-order valence-electron chi connectivity index (χ0n) is 21.2. The number of aromatic nitrogens is 2. The first-order valence-corrected chi connectivity index (χ1v) is 13.0. The van der Waals surface area contributed by atoms with E-state index in [9.17, 15) is 13.2 Å². The van der Waals surface area contributed by atoms with Crippen molar-refractivity contribution in [2.24, 2.45) is 5.41 Å². The Bertz CT molecular complexity index is 1310. The Hall–Kier alpha value is -3.66. The molecule has 0 aliphatic carbocycles. The number of sulfonamides is 1. The summed E-state index contributed by atoms with van der Waals surface area (Å²) in [4.78, 5) is 20.6. The van der Waals surface area contributed by atoms with E-state index in [-0.39, 0.29) is 22.5 Å². The van der Waals surface area contributed by atoms with Crippen molar-refractivity contribution in [3.05, 3.63) is 66.0 Å². The van der Waals surface area contributed by atoms with Gasteiger partial charge in [0, 0.05) is 17.2 Å². The van der Waals surface area contributed by atoms with Crippen LogP contribution in [0, 0.1) is 19.3 Å². The molecule has 9 nitrogen and oxygen atoms in total. The third kappa shape index (κ3) is 7.17. The van der Waals surface area contributed by atoms with Crippen LogP contribution in [0.2, 0.25) is 0 Å². The number of nitrogens with one attached hydrogen (secondary N) is 2. The number of methoxy groups -OCH3 is 1. The van der Waals surface area contributed by atoms with Crippen molar-refractivity contribution in [3.63, 3.8) is 0 Å². The molecule has 3 rings (SSSR count). The van der Waals surface area contributed by atoms with E-state index in [4.69, 9.17) is 9.47 Å². The molecule has 0 aliphatic heterocycles. The summed E-state index contributed by atoms with van der Waals surface area (Å²) in [5, 5.41) is 2.87. The van der Waals surface area contributed by atoms with Crippen molar-refractivity contribution < 1.29 is 22.7 Å². The van der Waals surface area contributed by atoms with E-state index >= 15 is 0 Å². The molecule has 0 spiro atoms. The van der Waals surface area contributed by atoms with Gasteiger partial charge in [-0.25, -0.2) is 18.4 Å². The predicted octanol–water partition coefficient (Wildman–Crippen LogP) is 4.73. The molecular formula is C26H32N4O5S. The lowest BCUT2D eigenvalue weighted by Gasteiger charge is -2.24. The number of anilines is 2. The third-order valence-corrected chi connectivity index (χ3v) is 7.05. The Morgan fingerprint density at radius 2 is 1.75 bits per heavy atom. The van der Waals surface area contributed by atoms with Crippen LogP contribution in [0.4, 0.5) is 11.5 Å². The van der Waals surface area contributed by atoms with Gasteiger partial charge in [0.15, 0.2) is 0 Å². The quantitative estimate of drug-likeness (QED) is 0.357. The van der Waals surface area contributed by atoms with Gasteiger partial charge < -0.3 is 14.8 Å². The summed E-state index contributed by atoms with van der Waals surface area (Å²) in [7, 11) is -2.45. The van der Waals surface area contributed by atoms with Crippen LogP contribution >= 0.6 is 0 Å². The molecule has 0 saturated heterocycles. The fourth-order valence-electron chi connectivity index (χ4n) is 3.39. The first-order chi connectivity index (χ1) is 17.0. The number of rotatable bonds is 11. The van der Waals surface area contributed by atoms with E-state index in [1.807, 2.05) is 45.9 Å². The summed E-state index contributed by atoms with van der Waals surface area (Å²) in [6.07, 6.45) is 2.54. The van der Waals surface area contributed by atoms with Gasteiger partial charge in [0.2, 0.25) is 11.8 Å². The molecule has 0 saturated carbocycles. The van der Waals surface area contributed by atoms with Crippen molar-refractivity contribution in [3.8, 4) is 11.6 Å². The zero-order valence-corrected chi connectivity index (χ0v) is 22.0. The minimum absolute atomic E-state index is 0.0286. The molecule has 2 N–H and O–H groups in total. The van der Waals surface area contributed by atoms with Crippen LogP contribution in [0.1, 0.15) is 37.8 Å². The fourth-order valence-corrected chi connectivity index (χ4v) is 4.39. The van der Waals surface area contributed by atoms with Crippen LogP contribution in [-0.4, -0.2) is 38.0 Å². The second-order valence-electron chi connectivity index (χ2n) is 9.13. The molecule has 2 aromatic carbocycles. The van der Waals surface area contributed by atoms with Gasteiger partial charge in [-0.1, -0.05) is 26.0 Å². The van der Waals surface area contributed by atoms with Gasteiger partial charge in [-0.15, -0.1) is 0 Å². The molecule has 1 heterocycles. The molecule has 3 aromatic rings. The highest BCUT2D eigenvalue weighted by molar-refractivity contribution is 7.92. The van der Waals surface area contributed by atoms with Crippen molar-refractivity contribution in [1.82, 2.24) is 9.97 Å². The molecule has 192 valence electrons. The molecule has 0 bridgehead atoms. The number of aryl methyl sites for hydroxylation is 2. The molecule has 1 aromatic heterocycles. The highest BCUT2D eigenvalue weighted by Gasteiger charge is 2.27. The van der Waals surface area contributed by atoms with Gasteiger partial charge in [0.25, 0.3) is 10.0 Å². The van der Waals surface area contributed by atoms with Crippen molar-refractivity contribution in [2.45, 2.75) is 45.4 Å². The van der Waals surface area contributed by atoms with Gasteiger partial charge in [0.05, 0.1) is 18.6 Å². The molecule has 0 unspecified atom stereocenters. The van der Waals surface area contributed by atoms with Crippen LogP contribution in [-0.2, 0) is 14.8 Å². The average Bonchev–Trinajstić information content (AvgIpc) is 2.84.